The van der Waals surface area contributed by atoms with Crippen molar-refractivity contribution in [3.05, 3.63) is 0 Å². The fourth-order valence-electron chi connectivity index (χ4n) is 1.81. The lowest BCUT2D eigenvalue weighted by molar-refractivity contribution is -0.142. The highest BCUT2D eigenvalue weighted by molar-refractivity contribution is 7.99. The van der Waals surface area contributed by atoms with Crippen LogP contribution < -0.4 is 5.32 Å². The van der Waals surface area contributed by atoms with Crippen molar-refractivity contribution >= 4 is 29.7 Å². The zero-order valence-corrected chi connectivity index (χ0v) is 12.3. The first-order chi connectivity index (χ1) is 9.54. The van der Waals surface area contributed by atoms with E-state index in [9.17, 15) is 14.4 Å². The number of rotatable bonds is 5. The molecule has 1 atom stereocenters. The summed E-state index contributed by atoms with van der Waals surface area (Å²) >= 11 is 1.78. The Kier molecular flexibility index (Phi) is 7.21. The highest BCUT2D eigenvalue weighted by Crippen LogP contribution is 2.10. The average molecular weight is 304 g/mol. The maximum Gasteiger partial charge on any atom is 0.326 e. The molecule has 0 radical (unpaired) electrons. The number of ether oxygens (including phenoxy) is 1. The number of methoxy groups -OCH3 is 1. The Balaban J connectivity index is 2.49. The molecule has 0 aromatic heterocycles. The first-order valence-electron chi connectivity index (χ1n) is 6.47. The van der Waals surface area contributed by atoms with Crippen LogP contribution in [-0.4, -0.2) is 65.7 Å². The normalized spacial score (nSPS) is 16.9. The molecule has 114 valence electrons. The summed E-state index contributed by atoms with van der Waals surface area (Å²) in [4.78, 5) is 35.8. The molecule has 1 fully saturated rings. The van der Waals surface area contributed by atoms with Crippen molar-refractivity contribution in [1.29, 1.82) is 0 Å². The first kappa shape index (κ1) is 16.6. The number of nitrogens with one attached hydrogen (secondary N) is 1. The molecule has 1 rings (SSSR count). The van der Waals surface area contributed by atoms with Gasteiger partial charge in [0.25, 0.3) is 0 Å². The zero-order chi connectivity index (χ0) is 15.0. The maximum atomic E-state index is 12.0. The van der Waals surface area contributed by atoms with Crippen molar-refractivity contribution in [3.63, 3.8) is 0 Å². The summed E-state index contributed by atoms with van der Waals surface area (Å²) < 4.78 is 4.46. The summed E-state index contributed by atoms with van der Waals surface area (Å²) in [6.07, 6.45) is 0.887. The molecule has 1 saturated heterocycles. The second-order valence-corrected chi connectivity index (χ2v) is 5.63. The maximum absolute atomic E-state index is 12.0. The Morgan fingerprint density at radius 3 is 2.75 bits per heavy atom. The monoisotopic (exact) mass is 304 g/mol. The minimum Gasteiger partial charge on any atom is -0.480 e. The van der Waals surface area contributed by atoms with Gasteiger partial charge in [-0.3, -0.25) is 4.79 Å². The van der Waals surface area contributed by atoms with Crippen LogP contribution in [0.25, 0.3) is 0 Å². The first-order valence-corrected chi connectivity index (χ1v) is 7.63. The molecule has 1 aliphatic rings. The number of carbonyl (C=O) groups excluding carboxylic acids is 2. The average Bonchev–Trinajstić information content (AvgIpc) is 2.71. The summed E-state index contributed by atoms with van der Waals surface area (Å²) in [6.45, 7) is 1.24. The quantitative estimate of drug-likeness (QED) is 0.720. The van der Waals surface area contributed by atoms with Crippen LogP contribution in [0.3, 0.4) is 0 Å². The number of carboxylic acids is 1. The lowest BCUT2D eigenvalue weighted by Gasteiger charge is -2.23. The van der Waals surface area contributed by atoms with Crippen LogP contribution in [0.1, 0.15) is 19.3 Å². The summed E-state index contributed by atoms with van der Waals surface area (Å²) in [5.74, 6) is 0.227. The number of hydrogen-bond acceptors (Lipinski definition) is 5. The molecule has 0 spiro atoms. The van der Waals surface area contributed by atoms with E-state index in [0.29, 0.717) is 13.1 Å². The van der Waals surface area contributed by atoms with E-state index >= 15 is 0 Å². The Bertz CT molecular complexity index is 356. The SMILES string of the molecule is COC(=O)CC[C@H](NC(=O)N1CCCSCC1)C(=O)O. The molecule has 2 amide bonds. The van der Waals surface area contributed by atoms with E-state index in [1.807, 2.05) is 0 Å². The summed E-state index contributed by atoms with van der Waals surface area (Å²) in [5, 5.41) is 11.5. The van der Waals surface area contributed by atoms with Crippen LogP contribution in [0, 0.1) is 0 Å². The van der Waals surface area contributed by atoms with Gasteiger partial charge in [-0.2, -0.15) is 11.8 Å². The van der Waals surface area contributed by atoms with Gasteiger partial charge in [0.15, 0.2) is 0 Å². The smallest absolute Gasteiger partial charge is 0.326 e. The van der Waals surface area contributed by atoms with E-state index in [4.69, 9.17) is 5.11 Å². The predicted molar refractivity (Wildman–Crippen MR) is 74.7 cm³/mol. The van der Waals surface area contributed by atoms with Gasteiger partial charge >= 0.3 is 18.0 Å². The largest absolute Gasteiger partial charge is 0.480 e. The third-order valence-electron chi connectivity index (χ3n) is 2.97. The molecule has 1 aliphatic heterocycles. The van der Waals surface area contributed by atoms with E-state index in [0.717, 1.165) is 17.9 Å². The molecule has 0 saturated carbocycles. The van der Waals surface area contributed by atoms with Crippen LogP contribution in [0.2, 0.25) is 0 Å². The minimum atomic E-state index is -1.15. The van der Waals surface area contributed by atoms with Crippen LogP contribution >= 0.6 is 11.8 Å². The van der Waals surface area contributed by atoms with Crippen LogP contribution in [0.5, 0.6) is 0 Å². The molecule has 8 heteroatoms. The number of hydrogen-bond donors (Lipinski definition) is 2. The van der Waals surface area contributed by atoms with Gasteiger partial charge in [-0.25, -0.2) is 9.59 Å². The molecule has 0 aliphatic carbocycles. The molecule has 1 heterocycles. The van der Waals surface area contributed by atoms with Gasteiger partial charge in [-0.15, -0.1) is 0 Å². The van der Waals surface area contributed by atoms with Crippen LogP contribution in [0.15, 0.2) is 0 Å². The summed E-state index contributed by atoms with van der Waals surface area (Å²) in [7, 11) is 1.24. The number of esters is 1. The molecule has 20 heavy (non-hydrogen) atoms. The second-order valence-electron chi connectivity index (χ2n) is 4.41. The molecular formula is C12H20N2O5S. The Morgan fingerprint density at radius 1 is 1.35 bits per heavy atom. The highest BCUT2D eigenvalue weighted by Gasteiger charge is 2.24. The Labute approximate surface area is 122 Å². The van der Waals surface area contributed by atoms with E-state index in [1.54, 1.807) is 16.7 Å². The number of urea groups is 1. The van der Waals surface area contributed by atoms with Crippen molar-refractivity contribution in [3.8, 4) is 0 Å². The molecule has 7 nitrogen and oxygen atoms in total. The number of thioether (sulfide) groups is 1. The summed E-state index contributed by atoms with van der Waals surface area (Å²) in [6, 6.07) is -1.46. The number of carboxylic acid groups (broad SMARTS) is 1. The highest BCUT2D eigenvalue weighted by atomic mass is 32.2. The van der Waals surface area contributed by atoms with Gasteiger partial charge in [0.2, 0.25) is 0 Å². The zero-order valence-electron chi connectivity index (χ0n) is 11.5. The third-order valence-corrected chi connectivity index (χ3v) is 4.02. The van der Waals surface area contributed by atoms with E-state index in [-0.39, 0.29) is 18.9 Å². The number of nitrogens with zero attached hydrogens (tertiary/aromatic N) is 1. The fraction of sp³-hybridized carbons (Fsp3) is 0.750. The predicted octanol–water partition coefficient (Wildman–Crippen LogP) is 0.541. The second kappa shape index (κ2) is 8.68. The van der Waals surface area contributed by atoms with Crippen molar-refractivity contribution in [1.82, 2.24) is 10.2 Å². The Morgan fingerprint density at radius 2 is 2.10 bits per heavy atom. The van der Waals surface area contributed by atoms with Gasteiger partial charge < -0.3 is 20.1 Å². The van der Waals surface area contributed by atoms with E-state index in [2.05, 4.69) is 10.1 Å². The molecule has 0 aromatic rings. The number of carbonyl (C=O) groups is 3. The van der Waals surface area contributed by atoms with Gasteiger partial charge in [-0.05, 0) is 18.6 Å². The van der Waals surface area contributed by atoms with Gasteiger partial charge in [0, 0.05) is 25.3 Å². The third kappa shape index (κ3) is 5.68. The topological polar surface area (TPSA) is 95.9 Å². The lowest BCUT2D eigenvalue weighted by Crippen LogP contribution is -2.48. The van der Waals surface area contributed by atoms with Crippen molar-refractivity contribution < 1.29 is 24.2 Å². The van der Waals surface area contributed by atoms with E-state index < -0.39 is 18.0 Å². The fourth-order valence-corrected chi connectivity index (χ4v) is 2.70. The molecule has 2 N–H and O–H groups in total. The number of aliphatic carboxylic acids is 1. The lowest BCUT2D eigenvalue weighted by atomic mass is 10.1. The van der Waals surface area contributed by atoms with Gasteiger partial charge in [-0.1, -0.05) is 0 Å². The van der Waals surface area contributed by atoms with Crippen LogP contribution in [-0.2, 0) is 14.3 Å². The minimum absolute atomic E-state index is 0.0241. The molecular weight excluding hydrogens is 284 g/mol. The summed E-state index contributed by atoms with van der Waals surface area (Å²) in [5.41, 5.74) is 0. The molecule has 0 aromatic carbocycles. The van der Waals surface area contributed by atoms with Crippen LogP contribution in [0.4, 0.5) is 4.79 Å². The van der Waals surface area contributed by atoms with E-state index in [1.165, 1.54) is 7.11 Å². The van der Waals surface area contributed by atoms with Gasteiger partial charge in [0.05, 0.1) is 7.11 Å². The van der Waals surface area contributed by atoms with Crippen molar-refractivity contribution in [2.45, 2.75) is 25.3 Å². The van der Waals surface area contributed by atoms with Crippen molar-refractivity contribution in [2.75, 3.05) is 31.7 Å². The molecule has 0 bridgehead atoms. The standard InChI is InChI=1S/C12H20N2O5S/c1-19-10(15)4-3-9(11(16)17)13-12(18)14-5-2-7-20-8-6-14/h9H,2-8H2,1H3,(H,13,18)(H,16,17)/t9-/m0/s1. The molecule has 0 unspecified atom stereocenters. The number of amides is 2. The Hall–Kier alpha value is -1.44. The van der Waals surface area contributed by atoms with Crippen molar-refractivity contribution in [2.24, 2.45) is 0 Å². The van der Waals surface area contributed by atoms with Gasteiger partial charge in [0.1, 0.15) is 6.04 Å².